The number of halogens is 2. The largest absolute Gasteiger partial charge is 0.497 e. The number of alkyl halides is 2. The van der Waals surface area contributed by atoms with E-state index in [2.05, 4.69) is 4.98 Å². The number of rotatable bonds is 9. The van der Waals surface area contributed by atoms with Gasteiger partial charge in [-0.05, 0) is 73.1 Å². The Morgan fingerprint density at radius 3 is 2.36 bits per heavy atom. The van der Waals surface area contributed by atoms with E-state index in [0.717, 1.165) is 52.1 Å². The van der Waals surface area contributed by atoms with Gasteiger partial charge in [-0.3, -0.25) is 9.36 Å². The second kappa shape index (κ2) is 10.6. The number of ether oxygens (including phenoxy) is 1. The zero-order valence-corrected chi connectivity index (χ0v) is 23.0. The summed E-state index contributed by atoms with van der Waals surface area (Å²) < 4.78 is 44.8. The van der Waals surface area contributed by atoms with Crippen LogP contribution >= 0.6 is 7.60 Å². The molecule has 0 amide bonds. The highest BCUT2D eigenvalue weighted by Gasteiger charge is 2.55. The molecule has 4 aromatic rings. The highest BCUT2D eigenvalue weighted by Crippen LogP contribution is 2.54. The predicted molar refractivity (Wildman–Crippen MR) is 147 cm³/mol. The molecule has 2 aromatic carbocycles. The third kappa shape index (κ3) is 5.12. The van der Waals surface area contributed by atoms with Crippen molar-refractivity contribution in [3.8, 4) is 5.75 Å². The number of nitrogen functional groups attached to an aromatic ring is 1. The molecule has 0 aliphatic carbocycles. The summed E-state index contributed by atoms with van der Waals surface area (Å²) in [5.41, 5.74) is 6.74. The molecule has 4 N–H and O–H groups in total. The van der Waals surface area contributed by atoms with Crippen LogP contribution in [0.15, 0.2) is 36.4 Å². The van der Waals surface area contributed by atoms with Crippen molar-refractivity contribution in [1.82, 2.24) is 9.97 Å². The first-order valence-electron chi connectivity index (χ1n) is 12.5. The van der Waals surface area contributed by atoms with E-state index in [0.29, 0.717) is 30.2 Å². The fourth-order valence-corrected chi connectivity index (χ4v) is 5.37. The lowest BCUT2D eigenvalue weighted by atomic mass is 9.90. The molecule has 11 heteroatoms. The molecule has 0 unspecified atom stereocenters. The van der Waals surface area contributed by atoms with Crippen molar-refractivity contribution >= 4 is 41.0 Å². The van der Waals surface area contributed by atoms with Gasteiger partial charge < -0.3 is 20.3 Å². The summed E-state index contributed by atoms with van der Waals surface area (Å²) in [5, 5.41) is 1.28. The van der Waals surface area contributed by atoms with Crippen LogP contribution in [0.2, 0.25) is 0 Å². The Balaban J connectivity index is 1.88. The van der Waals surface area contributed by atoms with Crippen molar-refractivity contribution in [1.29, 1.82) is 0 Å². The van der Waals surface area contributed by atoms with Gasteiger partial charge >= 0.3 is 13.3 Å². The van der Waals surface area contributed by atoms with E-state index in [-0.39, 0.29) is 11.3 Å². The summed E-state index contributed by atoms with van der Waals surface area (Å²) in [5.74, 6) is -1.12. The molecular weight excluding hydrogens is 527 g/mol. The summed E-state index contributed by atoms with van der Waals surface area (Å²) in [7, 11) is -4.39. The molecule has 0 saturated heterocycles. The SMILES string of the molecule is CCc1nc2c(N)nc3cc(C(=O)C(F)(F)P(=O)(O)O)ccc3c2c(CC)c1CCc1ccc(OC)cc1C. The van der Waals surface area contributed by atoms with Crippen LogP contribution in [0.4, 0.5) is 14.6 Å². The molecule has 0 fully saturated rings. The zero-order valence-electron chi connectivity index (χ0n) is 22.1. The number of ketones is 1. The standard InChI is InChI=1S/C28H30F2N3O5P/c1-5-19-20(11-8-16-7-10-18(38-4)13-15(16)3)22(6-2)32-25-24(19)21-12-9-17(14-23(21)33-27(25)31)26(34)28(29,30)39(35,36)37/h7,9-10,12-14H,5-6,8,11H2,1-4H3,(H2,31,33)(H2,35,36,37). The first kappa shape index (κ1) is 28.5. The number of Topliss-reactive ketones (excluding diaryl/α,β-unsaturated/α-hetero) is 1. The number of aryl methyl sites for hydroxylation is 4. The lowest BCUT2D eigenvalue weighted by Crippen LogP contribution is -2.28. The Bertz CT molecular complexity index is 1650. The van der Waals surface area contributed by atoms with Crippen molar-refractivity contribution < 1.29 is 32.7 Å². The van der Waals surface area contributed by atoms with Gasteiger partial charge in [-0.25, -0.2) is 9.97 Å². The topological polar surface area (TPSA) is 136 Å². The lowest BCUT2D eigenvalue weighted by molar-refractivity contribution is 0.0411. The van der Waals surface area contributed by atoms with Gasteiger partial charge in [0.15, 0.2) is 5.82 Å². The number of hydrogen-bond acceptors (Lipinski definition) is 6. The normalized spacial score (nSPS) is 12.3. The van der Waals surface area contributed by atoms with Crippen molar-refractivity contribution in [3.05, 3.63) is 69.9 Å². The van der Waals surface area contributed by atoms with Crippen LogP contribution in [0.5, 0.6) is 5.75 Å². The monoisotopic (exact) mass is 557 g/mol. The molecule has 2 heterocycles. The minimum absolute atomic E-state index is 0.0748. The van der Waals surface area contributed by atoms with Crippen LogP contribution in [0.25, 0.3) is 21.8 Å². The number of pyridine rings is 2. The number of methoxy groups -OCH3 is 1. The lowest BCUT2D eigenvalue weighted by Gasteiger charge is -2.19. The highest BCUT2D eigenvalue weighted by atomic mass is 31.2. The molecule has 0 aliphatic heterocycles. The van der Waals surface area contributed by atoms with Gasteiger partial charge in [0, 0.05) is 22.0 Å². The molecule has 0 saturated carbocycles. The molecule has 2 aromatic heterocycles. The fraction of sp³-hybridized carbons (Fsp3) is 0.321. The van der Waals surface area contributed by atoms with Crippen molar-refractivity contribution in [2.75, 3.05) is 12.8 Å². The molecule has 0 atom stereocenters. The number of hydrogen-bond donors (Lipinski definition) is 3. The molecule has 0 aliphatic rings. The van der Waals surface area contributed by atoms with Crippen molar-refractivity contribution in [2.24, 2.45) is 0 Å². The Labute approximate surface area is 224 Å². The molecule has 0 bridgehead atoms. The van der Waals surface area contributed by atoms with Gasteiger partial charge in [0.1, 0.15) is 11.3 Å². The smallest absolute Gasteiger partial charge is 0.407 e. The maximum absolute atomic E-state index is 14.1. The summed E-state index contributed by atoms with van der Waals surface area (Å²) >= 11 is 0. The summed E-state index contributed by atoms with van der Waals surface area (Å²) in [6.07, 6.45) is 2.77. The van der Waals surface area contributed by atoms with Crippen molar-refractivity contribution in [2.45, 2.75) is 52.1 Å². The van der Waals surface area contributed by atoms with E-state index in [4.69, 9.17) is 25.2 Å². The molecule has 206 valence electrons. The van der Waals surface area contributed by atoms with Gasteiger partial charge in [-0.1, -0.05) is 32.0 Å². The fourth-order valence-electron chi connectivity index (χ4n) is 4.98. The number of fused-ring (bicyclic) bond motifs is 3. The van der Waals surface area contributed by atoms with E-state index in [1.807, 2.05) is 39.0 Å². The zero-order chi connectivity index (χ0) is 28.7. The Morgan fingerprint density at radius 1 is 1.05 bits per heavy atom. The number of carbonyl (C=O) groups excluding carboxylic acids is 1. The Kier molecular flexibility index (Phi) is 7.76. The number of aromatic nitrogens is 2. The highest BCUT2D eigenvalue weighted by molar-refractivity contribution is 7.54. The minimum atomic E-state index is -6.01. The quantitative estimate of drug-likeness (QED) is 0.139. The maximum atomic E-state index is 14.1. The number of carbonyl (C=O) groups is 1. The van der Waals surface area contributed by atoms with Crippen LogP contribution in [-0.2, 0) is 30.2 Å². The Hall–Kier alpha value is -3.46. The van der Waals surface area contributed by atoms with Crippen LogP contribution in [0.3, 0.4) is 0 Å². The van der Waals surface area contributed by atoms with Gasteiger partial charge in [0.2, 0.25) is 5.78 Å². The Morgan fingerprint density at radius 2 is 1.77 bits per heavy atom. The predicted octanol–water partition coefficient (Wildman–Crippen LogP) is 5.55. The van der Waals surface area contributed by atoms with Gasteiger partial charge in [-0.15, -0.1) is 0 Å². The first-order chi connectivity index (χ1) is 18.3. The van der Waals surface area contributed by atoms with Crippen LogP contribution in [0.1, 0.15) is 52.2 Å². The number of anilines is 1. The number of benzene rings is 2. The molecule has 0 radical (unpaired) electrons. The van der Waals surface area contributed by atoms with Crippen LogP contribution in [-0.4, -0.2) is 38.3 Å². The van der Waals surface area contributed by atoms with E-state index in [9.17, 15) is 18.1 Å². The molecular formula is C28H30F2N3O5P. The van der Waals surface area contributed by atoms with Gasteiger partial charge in [0.05, 0.1) is 12.6 Å². The second-order valence-corrected chi connectivity index (χ2v) is 11.0. The minimum Gasteiger partial charge on any atom is -0.497 e. The molecule has 39 heavy (non-hydrogen) atoms. The number of nitrogens with two attached hydrogens (primary N) is 1. The summed E-state index contributed by atoms with van der Waals surface area (Å²) in [6, 6.07) is 9.63. The van der Waals surface area contributed by atoms with Crippen LogP contribution in [0, 0.1) is 6.92 Å². The molecule has 8 nitrogen and oxygen atoms in total. The van der Waals surface area contributed by atoms with Crippen LogP contribution < -0.4 is 10.5 Å². The maximum Gasteiger partial charge on any atom is 0.407 e. The average Bonchev–Trinajstić information content (AvgIpc) is 2.90. The second-order valence-electron chi connectivity index (χ2n) is 9.38. The third-order valence-corrected chi connectivity index (χ3v) is 7.97. The number of nitrogens with zero attached hydrogens (tertiary/aromatic N) is 2. The van der Waals surface area contributed by atoms with Gasteiger partial charge in [-0.2, -0.15) is 8.78 Å². The summed E-state index contributed by atoms with van der Waals surface area (Å²) in [6.45, 7) is 6.06. The summed E-state index contributed by atoms with van der Waals surface area (Å²) in [4.78, 5) is 39.5. The third-order valence-electron chi connectivity index (χ3n) is 7.03. The average molecular weight is 558 g/mol. The van der Waals surface area contributed by atoms with Crippen molar-refractivity contribution in [3.63, 3.8) is 0 Å². The van der Waals surface area contributed by atoms with E-state index < -0.39 is 24.6 Å². The first-order valence-corrected chi connectivity index (χ1v) is 14.1. The van der Waals surface area contributed by atoms with E-state index >= 15 is 0 Å². The van der Waals surface area contributed by atoms with Gasteiger partial charge in [0.25, 0.3) is 0 Å². The van der Waals surface area contributed by atoms with E-state index in [1.165, 1.54) is 11.6 Å². The molecule has 0 spiro atoms. The van der Waals surface area contributed by atoms with E-state index in [1.54, 1.807) is 7.11 Å². The molecule has 4 rings (SSSR count).